The molecule has 2 aliphatic rings. The lowest BCUT2D eigenvalue weighted by atomic mass is 9.93. The number of ketones is 1. The molecule has 1 aromatic rings. The van der Waals surface area contributed by atoms with Gasteiger partial charge in [-0.2, -0.15) is 12.6 Å². The lowest BCUT2D eigenvalue weighted by Crippen LogP contribution is -2.43. The highest BCUT2D eigenvalue weighted by Gasteiger charge is 2.40. The summed E-state index contributed by atoms with van der Waals surface area (Å²) in [4.78, 5) is 17.6. The summed E-state index contributed by atoms with van der Waals surface area (Å²) in [7, 11) is 2.14. The molecule has 3 rings (SSSR count). The second kappa shape index (κ2) is 10.0. The molecule has 1 aliphatic heterocycles. The SMILES string of the molecule is CCCCN(C)C/C=C1/CN(C(C(=O)C2CC2)c2ccccc2F)CCC1S. The molecule has 2 fully saturated rings. The number of hydrogen-bond donors (Lipinski definition) is 1. The molecule has 2 unspecified atom stereocenters. The van der Waals surface area contributed by atoms with E-state index < -0.39 is 6.04 Å². The number of benzene rings is 1. The summed E-state index contributed by atoms with van der Waals surface area (Å²) >= 11 is 4.78. The number of piperidine rings is 1. The van der Waals surface area contributed by atoms with E-state index in [0.717, 1.165) is 38.9 Å². The summed E-state index contributed by atoms with van der Waals surface area (Å²) in [6.07, 6.45) is 7.42. The molecule has 0 N–H and O–H groups in total. The van der Waals surface area contributed by atoms with Crippen LogP contribution >= 0.6 is 12.6 Å². The fourth-order valence-corrected chi connectivity index (χ4v) is 4.23. The van der Waals surface area contributed by atoms with E-state index in [1.54, 1.807) is 12.1 Å². The van der Waals surface area contributed by atoms with Crippen molar-refractivity contribution in [3.05, 3.63) is 47.3 Å². The average Bonchev–Trinajstić information content (AvgIpc) is 3.53. The molecule has 0 amide bonds. The number of nitrogens with zero attached hydrogens (tertiary/aromatic N) is 2. The molecule has 3 nitrogen and oxygen atoms in total. The molecule has 1 saturated carbocycles. The Bertz CT molecular complexity index is 704. The minimum Gasteiger partial charge on any atom is -0.303 e. The molecule has 1 aliphatic carbocycles. The Morgan fingerprint density at radius 2 is 2.11 bits per heavy atom. The maximum atomic E-state index is 14.6. The van der Waals surface area contributed by atoms with Gasteiger partial charge in [0, 0.05) is 36.4 Å². The smallest absolute Gasteiger partial charge is 0.157 e. The third-order valence-corrected chi connectivity index (χ3v) is 6.47. The fraction of sp³-hybridized carbons (Fsp3) is 0.609. The summed E-state index contributed by atoms with van der Waals surface area (Å²) in [5.74, 6) is 0.00684. The highest BCUT2D eigenvalue weighted by Crippen LogP contribution is 2.39. The summed E-state index contributed by atoms with van der Waals surface area (Å²) < 4.78 is 14.6. The van der Waals surface area contributed by atoms with Gasteiger partial charge in [0.2, 0.25) is 0 Å². The van der Waals surface area contributed by atoms with Gasteiger partial charge in [0.1, 0.15) is 5.82 Å². The van der Waals surface area contributed by atoms with Crippen molar-refractivity contribution in [2.75, 3.05) is 33.2 Å². The van der Waals surface area contributed by atoms with Gasteiger partial charge in [-0.3, -0.25) is 9.69 Å². The number of unbranched alkanes of at least 4 members (excludes halogenated alkanes) is 1. The van der Waals surface area contributed by atoms with E-state index in [1.807, 2.05) is 6.07 Å². The summed E-state index contributed by atoms with van der Waals surface area (Å²) in [6.45, 7) is 5.64. The Kier molecular flexibility index (Phi) is 7.72. The van der Waals surface area contributed by atoms with Gasteiger partial charge in [-0.1, -0.05) is 37.6 Å². The van der Waals surface area contributed by atoms with Crippen LogP contribution in [0.4, 0.5) is 4.39 Å². The minimum absolute atomic E-state index is 0.103. The van der Waals surface area contributed by atoms with Gasteiger partial charge in [0.05, 0.1) is 6.04 Å². The van der Waals surface area contributed by atoms with Gasteiger partial charge in [-0.15, -0.1) is 0 Å². The minimum atomic E-state index is -0.476. The van der Waals surface area contributed by atoms with Crippen LogP contribution in [0, 0.1) is 11.7 Å². The van der Waals surface area contributed by atoms with Gasteiger partial charge in [-0.05, 0) is 50.9 Å². The first-order valence-electron chi connectivity index (χ1n) is 10.6. The lowest BCUT2D eigenvalue weighted by Gasteiger charge is -2.38. The highest BCUT2D eigenvalue weighted by molar-refractivity contribution is 7.81. The standard InChI is InChI=1S/C23H33FN2OS/c1-3-4-13-25(2)14-11-18-16-26(15-12-21(18)28)22(23(27)17-9-10-17)19-7-5-6-8-20(19)24/h5-8,11,17,21-22,28H,3-4,9-10,12-16H2,1-2H3/b18-11-. The van der Waals surface area contributed by atoms with Crippen molar-refractivity contribution in [3.8, 4) is 0 Å². The van der Waals surface area contributed by atoms with E-state index in [4.69, 9.17) is 12.6 Å². The van der Waals surface area contributed by atoms with Crippen molar-refractivity contribution < 1.29 is 9.18 Å². The zero-order chi connectivity index (χ0) is 20.1. The average molecular weight is 405 g/mol. The molecule has 154 valence electrons. The third-order valence-electron chi connectivity index (χ3n) is 5.88. The van der Waals surface area contributed by atoms with E-state index in [1.165, 1.54) is 24.5 Å². The Labute approximate surface area is 174 Å². The maximum Gasteiger partial charge on any atom is 0.157 e. The molecular formula is C23H33FN2OS. The van der Waals surface area contributed by atoms with Crippen molar-refractivity contribution >= 4 is 18.4 Å². The summed E-state index contributed by atoms with van der Waals surface area (Å²) in [6, 6.07) is 6.28. The number of Topliss-reactive ketones (excluding diaryl/α,β-unsaturated/α-hetero) is 1. The molecule has 1 heterocycles. The second-order valence-electron chi connectivity index (χ2n) is 8.27. The molecule has 2 atom stereocenters. The van der Waals surface area contributed by atoms with Crippen molar-refractivity contribution in [2.45, 2.75) is 50.3 Å². The normalized spacial score (nSPS) is 23.3. The first-order valence-corrected chi connectivity index (χ1v) is 11.1. The molecule has 0 aromatic heterocycles. The molecule has 1 saturated heterocycles. The van der Waals surface area contributed by atoms with Gasteiger partial charge in [0.25, 0.3) is 0 Å². The van der Waals surface area contributed by atoms with Gasteiger partial charge in [0.15, 0.2) is 5.78 Å². The van der Waals surface area contributed by atoms with E-state index in [-0.39, 0.29) is 22.8 Å². The van der Waals surface area contributed by atoms with E-state index in [9.17, 15) is 9.18 Å². The fourth-order valence-electron chi connectivity index (χ4n) is 3.92. The Morgan fingerprint density at radius 3 is 2.79 bits per heavy atom. The van der Waals surface area contributed by atoms with Gasteiger partial charge >= 0.3 is 0 Å². The van der Waals surface area contributed by atoms with Crippen LogP contribution in [0.3, 0.4) is 0 Å². The molecule has 0 radical (unpaired) electrons. The number of likely N-dealkylation sites (N-methyl/N-ethyl adjacent to an activating group) is 1. The number of thiol groups is 1. The summed E-state index contributed by atoms with van der Waals surface area (Å²) in [5, 5.41) is 0.216. The van der Waals surface area contributed by atoms with E-state index in [2.05, 4.69) is 29.8 Å². The van der Waals surface area contributed by atoms with Crippen LogP contribution in [-0.2, 0) is 4.79 Å². The van der Waals surface area contributed by atoms with Crippen LogP contribution in [0.5, 0.6) is 0 Å². The van der Waals surface area contributed by atoms with Crippen LogP contribution in [0.2, 0.25) is 0 Å². The first kappa shape index (κ1) is 21.5. The predicted octanol–water partition coefficient (Wildman–Crippen LogP) is 4.51. The van der Waals surface area contributed by atoms with Crippen molar-refractivity contribution in [2.24, 2.45) is 5.92 Å². The molecule has 0 bridgehead atoms. The number of hydrogen-bond acceptors (Lipinski definition) is 4. The van der Waals surface area contributed by atoms with Crippen LogP contribution < -0.4 is 0 Å². The van der Waals surface area contributed by atoms with Crippen LogP contribution in [0.1, 0.15) is 50.6 Å². The van der Waals surface area contributed by atoms with Gasteiger partial charge in [-0.25, -0.2) is 4.39 Å². The zero-order valence-corrected chi connectivity index (χ0v) is 18.0. The van der Waals surface area contributed by atoms with Crippen LogP contribution in [-0.4, -0.2) is 54.1 Å². The second-order valence-corrected chi connectivity index (χ2v) is 8.89. The zero-order valence-electron chi connectivity index (χ0n) is 17.1. The Morgan fingerprint density at radius 1 is 1.36 bits per heavy atom. The number of likely N-dealkylation sites (tertiary alicyclic amines) is 1. The molecular weight excluding hydrogens is 371 g/mol. The highest BCUT2D eigenvalue weighted by atomic mass is 32.1. The number of rotatable bonds is 9. The Balaban J connectivity index is 1.77. The number of carbonyl (C=O) groups excluding carboxylic acids is 1. The largest absolute Gasteiger partial charge is 0.303 e. The maximum absolute atomic E-state index is 14.6. The monoisotopic (exact) mass is 404 g/mol. The van der Waals surface area contributed by atoms with Crippen LogP contribution in [0.15, 0.2) is 35.9 Å². The first-order chi connectivity index (χ1) is 13.5. The van der Waals surface area contributed by atoms with Crippen LogP contribution in [0.25, 0.3) is 0 Å². The quantitative estimate of drug-likeness (QED) is 0.484. The lowest BCUT2D eigenvalue weighted by molar-refractivity contribution is -0.126. The van der Waals surface area contributed by atoms with Crippen molar-refractivity contribution in [1.29, 1.82) is 0 Å². The predicted molar refractivity (Wildman–Crippen MR) is 116 cm³/mol. The molecule has 5 heteroatoms. The third kappa shape index (κ3) is 5.46. The van der Waals surface area contributed by atoms with E-state index in [0.29, 0.717) is 12.1 Å². The van der Waals surface area contributed by atoms with Crippen molar-refractivity contribution in [1.82, 2.24) is 9.80 Å². The van der Waals surface area contributed by atoms with Gasteiger partial charge < -0.3 is 4.90 Å². The number of halogens is 1. The molecule has 28 heavy (non-hydrogen) atoms. The topological polar surface area (TPSA) is 23.6 Å². The summed E-state index contributed by atoms with van der Waals surface area (Å²) in [5.41, 5.74) is 1.78. The Hall–Kier alpha value is -1.17. The van der Waals surface area contributed by atoms with E-state index >= 15 is 0 Å². The van der Waals surface area contributed by atoms with Crippen molar-refractivity contribution in [3.63, 3.8) is 0 Å². The molecule has 0 spiro atoms. The number of carbonyl (C=O) groups is 1. The molecule has 1 aromatic carbocycles.